The number of aryl methyl sites for hydroxylation is 1. The van der Waals surface area contributed by atoms with Crippen LogP contribution in [0.5, 0.6) is 5.75 Å². The fourth-order valence-corrected chi connectivity index (χ4v) is 5.04. The minimum atomic E-state index is -4.27. The smallest absolute Gasteiger partial charge is 0.334 e. The van der Waals surface area contributed by atoms with Gasteiger partial charge in [-0.2, -0.15) is 14.9 Å². The summed E-state index contributed by atoms with van der Waals surface area (Å²) in [7, 11) is -4.27. The van der Waals surface area contributed by atoms with Crippen LogP contribution in [0.25, 0.3) is 5.82 Å². The standard InChI is InChI=1S/C19H19Cl3N6O4S/c20-8-10-32-14-6-1-2-7-15(14)33(30,31)26-19(29)24-17-12(21)11-23-28(17)18-16(22)13-5-3-4-9-27(13)25-18/h1-2,6-7,11H,3-5,8-10H2,(H2,24,26,29). The number of aromatic nitrogens is 4. The van der Waals surface area contributed by atoms with Crippen molar-refractivity contribution in [3.05, 3.63) is 46.2 Å². The highest BCUT2D eigenvalue weighted by Gasteiger charge is 2.26. The molecule has 0 fully saturated rings. The number of benzene rings is 1. The highest BCUT2D eigenvalue weighted by molar-refractivity contribution is 7.90. The number of sulfonamides is 1. The summed E-state index contributed by atoms with van der Waals surface area (Å²) >= 11 is 18.3. The SMILES string of the molecule is O=C(Nc1c(Cl)cnn1-c1nn2c(c1Cl)CCCC2)NS(=O)(=O)c1ccccc1OCCCl. The summed E-state index contributed by atoms with van der Waals surface area (Å²) in [5, 5.41) is 11.5. The molecule has 2 N–H and O–H groups in total. The number of amides is 2. The van der Waals surface area contributed by atoms with Gasteiger partial charge in [0.05, 0.1) is 17.8 Å². The molecule has 176 valence electrons. The third-order valence-corrected chi connectivity index (χ3v) is 7.06. The predicted octanol–water partition coefficient (Wildman–Crippen LogP) is 3.84. The fourth-order valence-electron chi connectivity index (χ4n) is 3.43. The number of carbonyl (C=O) groups excluding carboxylic acids is 1. The number of alkyl halides is 1. The predicted molar refractivity (Wildman–Crippen MR) is 124 cm³/mol. The second-order valence-electron chi connectivity index (χ2n) is 7.06. The van der Waals surface area contributed by atoms with E-state index in [-0.39, 0.29) is 34.0 Å². The molecule has 2 amide bonds. The average Bonchev–Trinajstić information content (AvgIpc) is 3.31. The second-order valence-corrected chi connectivity index (χ2v) is 9.88. The first-order chi connectivity index (χ1) is 15.8. The van der Waals surface area contributed by atoms with Gasteiger partial charge in [-0.3, -0.25) is 10.00 Å². The number of nitrogens with zero attached hydrogens (tertiary/aromatic N) is 4. The number of para-hydroxylation sites is 1. The maximum absolute atomic E-state index is 12.8. The van der Waals surface area contributed by atoms with Gasteiger partial charge in [0.15, 0.2) is 11.6 Å². The van der Waals surface area contributed by atoms with Crippen molar-refractivity contribution >= 4 is 56.7 Å². The third-order valence-electron chi connectivity index (χ3n) is 4.87. The number of carbonyl (C=O) groups is 1. The van der Waals surface area contributed by atoms with Gasteiger partial charge >= 0.3 is 6.03 Å². The Kier molecular flexibility index (Phi) is 7.03. The lowest BCUT2D eigenvalue weighted by Gasteiger charge is -2.13. The molecule has 0 saturated heterocycles. The molecule has 0 atom stereocenters. The first kappa shape index (κ1) is 23.7. The number of rotatable bonds is 7. The zero-order chi connectivity index (χ0) is 23.6. The molecule has 1 aromatic carbocycles. The Balaban J connectivity index is 1.57. The summed E-state index contributed by atoms with van der Waals surface area (Å²) in [5.74, 6) is 0.550. The highest BCUT2D eigenvalue weighted by atomic mass is 35.5. The van der Waals surface area contributed by atoms with E-state index in [1.54, 1.807) is 10.7 Å². The molecular formula is C19H19Cl3N6O4S. The van der Waals surface area contributed by atoms with Crippen molar-refractivity contribution in [2.75, 3.05) is 17.8 Å². The molecule has 3 aromatic rings. The monoisotopic (exact) mass is 532 g/mol. The summed E-state index contributed by atoms with van der Waals surface area (Å²) in [6.07, 6.45) is 4.04. The number of halogens is 3. The Hall–Kier alpha value is -2.47. The lowest BCUT2D eigenvalue weighted by atomic mass is 10.1. The van der Waals surface area contributed by atoms with Gasteiger partial charge < -0.3 is 4.74 Å². The van der Waals surface area contributed by atoms with Crippen molar-refractivity contribution in [3.8, 4) is 11.6 Å². The number of hydrogen-bond acceptors (Lipinski definition) is 6. The van der Waals surface area contributed by atoms with E-state index in [1.165, 1.54) is 29.1 Å². The summed E-state index contributed by atoms with van der Waals surface area (Å²) < 4.78 is 36.0. The maximum atomic E-state index is 12.8. The molecule has 33 heavy (non-hydrogen) atoms. The fraction of sp³-hybridized carbons (Fsp3) is 0.316. The highest BCUT2D eigenvalue weighted by Crippen LogP contribution is 2.32. The normalized spacial score (nSPS) is 13.4. The molecule has 1 aliphatic rings. The Morgan fingerprint density at radius 3 is 2.76 bits per heavy atom. The van der Waals surface area contributed by atoms with Gasteiger partial charge in [-0.1, -0.05) is 35.3 Å². The number of urea groups is 1. The van der Waals surface area contributed by atoms with Crippen molar-refractivity contribution in [3.63, 3.8) is 0 Å². The van der Waals surface area contributed by atoms with Gasteiger partial charge in [-0.25, -0.2) is 17.9 Å². The zero-order valence-corrected chi connectivity index (χ0v) is 20.2. The van der Waals surface area contributed by atoms with Gasteiger partial charge in [0.2, 0.25) is 0 Å². The van der Waals surface area contributed by atoms with Crippen molar-refractivity contribution in [1.29, 1.82) is 0 Å². The summed E-state index contributed by atoms with van der Waals surface area (Å²) in [5.41, 5.74) is 0.871. The van der Waals surface area contributed by atoms with Gasteiger partial charge in [-0.05, 0) is 31.4 Å². The Bertz CT molecular complexity index is 1290. The molecule has 0 aliphatic carbocycles. The van der Waals surface area contributed by atoms with Crippen LogP contribution in [0.2, 0.25) is 10.0 Å². The molecule has 1 aliphatic heterocycles. The van der Waals surface area contributed by atoms with E-state index >= 15 is 0 Å². The number of ether oxygens (including phenoxy) is 1. The largest absolute Gasteiger partial charge is 0.491 e. The topological polar surface area (TPSA) is 120 Å². The molecule has 3 heterocycles. The zero-order valence-electron chi connectivity index (χ0n) is 17.1. The Morgan fingerprint density at radius 1 is 1.21 bits per heavy atom. The first-order valence-corrected chi connectivity index (χ1v) is 12.7. The summed E-state index contributed by atoms with van der Waals surface area (Å²) in [6.45, 7) is 0.821. The van der Waals surface area contributed by atoms with Crippen molar-refractivity contribution in [2.45, 2.75) is 30.7 Å². The molecule has 0 bridgehead atoms. The summed E-state index contributed by atoms with van der Waals surface area (Å²) in [4.78, 5) is 12.4. The van der Waals surface area contributed by atoms with Crippen LogP contribution in [0.1, 0.15) is 18.5 Å². The maximum Gasteiger partial charge on any atom is 0.334 e. The molecule has 0 unspecified atom stereocenters. The van der Waals surface area contributed by atoms with E-state index in [4.69, 9.17) is 39.5 Å². The third kappa shape index (κ3) is 4.91. The average molecular weight is 534 g/mol. The molecule has 0 saturated carbocycles. The number of anilines is 1. The van der Waals surface area contributed by atoms with Crippen LogP contribution in [0.3, 0.4) is 0 Å². The first-order valence-electron chi connectivity index (χ1n) is 9.92. The lowest BCUT2D eigenvalue weighted by molar-refractivity contribution is 0.256. The molecule has 0 radical (unpaired) electrons. The molecule has 14 heteroatoms. The second kappa shape index (κ2) is 9.80. The molecule has 2 aromatic heterocycles. The van der Waals surface area contributed by atoms with Crippen LogP contribution in [-0.2, 0) is 23.0 Å². The van der Waals surface area contributed by atoms with Crippen LogP contribution in [0.4, 0.5) is 10.6 Å². The molecule has 10 nitrogen and oxygen atoms in total. The minimum absolute atomic E-state index is 0.0217. The Labute approximate surface area is 204 Å². The molecular weight excluding hydrogens is 515 g/mol. The van der Waals surface area contributed by atoms with Crippen LogP contribution in [0, 0.1) is 0 Å². The lowest BCUT2D eigenvalue weighted by Crippen LogP contribution is -2.35. The van der Waals surface area contributed by atoms with E-state index in [9.17, 15) is 13.2 Å². The minimum Gasteiger partial charge on any atom is -0.491 e. The van der Waals surface area contributed by atoms with E-state index in [0.29, 0.717) is 10.8 Å². The van der Waals surface area contributed by atoms with Crippen LogP contribution < -0.4 is 14.8 Å². The van der Waals surface area contributed by atoms with Crippen molar-refractivity contribution < 1.29 is 17.9 Å². The number of hydrogen-bond donors (Lipinski definition) is 2. The van der Waals surface area contributed by atoms with E-state index in [2.05, 4.69) is 15.5 Å². The van der Waals surface area contributed by atoms with Gasteiger partial charge in [0.1, 0.15) is 27.3 Å². The number of fused-ring (bicyclic) bond motifs is 1. The van der Waals surface area contributed by atoms with Crippen molar-refractivity contribution in [1.82, 2.24) is 24.3 Å². The van der Waals surface area contributed by atoms with Crippen LogP contribution >= 0.6 is 34.8 Å². The van der Waals surface area contributed by atoms with E-state index in [1.807, 2.05) is 4.72 Å². The molecule has 0 spiro atoms. The Morgan fingerprint density at radius 2 is 2.00 bits per heavy atom. The molecule has 4 rings (SSSR count). The van der Waals surface area contributed by atoms with Gasteiger partial charge in [-0.15, -0.1) is 11.6 Å². The summed E-state index contributed by atoms with van der Waals surface area (Å²) in [6, 6.07) is 4.84. The van der Waals surface area contributed by atoms with E-state index < -0.39 is 16.1 Å². The van der Waals surface area contributed by atoms with Crippen LogP contribution in [0.15, 0.2) is 35.4 Å². The van der Waals surface area contributed by atoms with Crippen molar-refractivity contribution in [2.24, 2.45) is 0 Å². The van der Waals surface area contributed by atoms with Crippen LogP contribution in [-0.4, -0.2) is 46.5 Å². The quantitative estimate of drug-likeness (QED) is 0.445. The van der Waals surface area contributed by atoms with Gasteiger partial charge in [0.25, 0.3) is 10.0 Å². The number of nitrogens with one attached hydrogen (secondary N) is 2. The van der Waals surface area contributed by atoms with E-state index in [0.717, 1.165) is 31.5 Å². The van der Waals surface area contributed by atoms with Gasteiger partial charge in [0, 0.05) is 6.54 Å².